The SMILES string of the molecule is CC1CC(C(Cc2c(F)cccc2Cl)NN)CO1. The van der Waals surface area contributed by atoms with Crippen LogP contribution in [0.25, 0.3) is 0 Å². The average Bonchev–Trinajstić information content (AvgIpc) is 2.76. The van der Waals surface area contributed by atoms with E-state index in [1.165, 1.54) is 6.07 Å². The molecular weight excluding hydrogens is 255 g/mol. The first kappa shape index (κ1) is 13.7. The van der Waals surface area contributed by atoms with E-state index in [1.807, 2.05) is 6.92 Å². The first-order valence-electron chi connectivity index (χ1n) is 6.12. The Balaban J connectivity index is 2.10. The molecule has 1 saturated heterocycles. The van der Waals surface area contributed by atoms with Crippen molar-refractivity contribution >= 4 is 11.6 Å². The quantitative estimate of drug-likeness (QED) is 0.653. The highest BCUT2D eigenvalue weighted by molar-refractivity contribution is 6.31. The predicted octanol–water partition coefficient (Wildman–Crippen LogP) is 2.28. The minimum Gasteiger partial charge on any atom is -0.378 e. The van der Waals surface area contributed by atoms with Crippen LogP contribution >= 0.6 is 11.6 Å². The van der Waals surface area contributed by atoms with Crippen LogP contribution in [-0.2, 0) is 11.2 Å². The number of nitrogens with one attached hydrogen (secondary N) is 1. The smallest absolute Gasteiger partial charge is 0.127 e. The van der Waals surface area contributed by atoms with Crippen molar-refractivity contribution in [1.82, 2.24) is 5.43 Å². The lowest BCUT2D eigenvalue weighted by atomic mass is 9.92. The Bertz CT molecular complexity index is 396. The summed E-state index contributed by atoms with van der Waals surface area (Å²) in [6.07, 6.45) is 1.64. The Hall–Kier alpha value is -0.680. The molecule has 18 heavy (non-hydrogen) atoms. The zero-order chi connectivity index (χ0) is 13.1. The molecule has 5 heteroatoms. The number of benzene rings is 1. The van der Waals surface area contributed by atoms with Crippen molar-refractivity contribution in [3.8, 4) is 0 Å². The van der Waals surface area contributed by atoms with Crippen LogP contribution in [0.3, 0.4) is 0 Å². The summed E-state index contributed by atoms with van der Waals surface area (Å²) in [6.45, 7) is 2.69. The fourth-order valence-electron chi connectivity index (χ4n) is 2.44. The number of rotatable bonds is 4. The molecule has 0 amide bonds. The minimum atomic E-state index is -0.283. The van der Waals surface area contributed by atoms with E-state index in [2.05, 4.69) is 5.43 Å². The third kappa shape index (κ3) is 3.01. The zero-order valence-electron chi connectivity index (χ0n) is 10.3. The second kappa shape index (κ2) is 5.97. The van der Waals surface area contributed by atoms with Crippen molar-refractivity contribution in [2.24, 2.45) is 11.8 Å². The lowest BCUT2D eigenvalue weighted by Gasteiger charge is -2.22. The molecule has 100 valence electrons. The molecule has 3 atom stereocenters. The summed E-state index contributed by atoms with van der Waals surface area (Å²) in [6, 6.07) is 4.70. The summed E-state index contributed by atoms with van der Waals surface area (Å²) in [5, 5.41) is 0.446. The van der Waals surface area contributed by atoms with Crippen molar-refractivity contribution in [2.75, 3.05) is 6.61 Å². The fraction of sp³-hybridized carbons (Fsp3) is 0.538. The molecule has 1 aromatic rings. The third-order valence-corrected chi connectivity index (χ3v) is 3.85. The van der Waals surface area contributed by atoms with Gasteiger partial charge < -0.3 is 4.74 Å². The zero-order valence-corrected chi connectivity index (χ0v) is 11.1. The number of hydrogen-bond acceptors (Lipinski definition) is 3. The Morgan fingerprint density at radius 2 is 2.39 bits per heavy atom. The lowest BCUT2D eigenvalue weighted by molar-refractivity contribution is 0.117. The maximum absolute atomic E-state index is 13.7. The Labute approximate surface area is 111 Å². The highest BCUT2D eigenvalue weighted by Crippen LogP contribution is 2.27. The predicted molar refractivity (Wildman–Crippen MR) is 69.7 cm³/mol. The third-order valence-electron chi connectivity index (χ3n) is 3.50. The van der Waals surface area contributed by atoms with Gasteiger partial charge in [0, 0.05) is 22.5 Å². The van der Waals surface area contributed by atoms with E-state index in [0.717, 1.165) is 6.42 Å². The van der Waals surface area contributed by atoms with Crippen LogP contribution in [-0.4, -0.2) is 18.8 Å². The van der Waals surface area contributed by atoms with Gasteiger partial charge in [-0.15, -0.1) is 0 Å². The van der Waals surface area contributed by atoms with E-state index < -0.39 is 0 Å². The van der Waals surface area contributed by atoms with E-state index in [1.54, 1.807) is 12.1 Å². The summed E-state index contributed by atoms with van der Waals surface area (Å²) in [5.74, 6) is 5.58. The molecule has 1 fully saturated rings. The Kier molecular flexibility index (Phi) is 4.56. The Morgan fingerprint density at radius 3 is 2.94 bits per heavy atom. The second-order valence-corrected chi connectivity index (χ2v) is 5.22. The standard InChI is InChI=1S/C13H18ClFN2O/c1-8-5-9(7-18-8)13(17-16)6-10-11(14)3-2-4-12(10)15/h2-4,8-9,13,17H,5-7,16H2,1H3. The van der Waals surface area contributed by atoms with Gasteiger partial charge in [-0.25, -0.2) is 4.39 Å². The molecule has 3 nitrogen and oxygen atoms in total. The molecule has 0 aliphatic carbocycles. The minimum absolute atomic E-state index is 0.0238. The van der Waals surface area contributed by atoms with Gasteiger partial charge in [-0.1, -0.05) is 17.7 Å². The number of ether oxygens (including phenoxy) is 1. The number of nitrogens with two attached hydrogens (primary N) is 1. The van der Waals surface area contributed by atoms with Gasteiger partial charge in [-0.2, -0.15) is 0 Å². The molecule has 0 spiro atoms. The van der Waals surface area contributed by atoms with E-state index in [-0.39, 0.29) is 18.0 Å². The average molecular weight is 273 g/mol. The second-order valence-electron chi connectivity index (χ2n) is 4.82. The molecule has 3 unspecified atom stereocenters. The normalized spacial score (nSPS) is 25.3. The van der Waals surface area contributed by atoms with Gasteiger partial charge in [0.2, 0.25) is 0 Å². The molecule has 0 aromatic heterocycles. The van der Waals surface area contributed by atoms with E-state index in [9.17, 15) is 4.39 Å². The van der Waals surface area contributed by atoms with Crippen LogP contribution in [0, 0.1) is 11.7 Å². The number of halogens is 2. The van der Waals surface area contributed by atoms with Crippen molar-refractivity contribution in [3.63, 3.8) is 0 Å². The summed E-state index contributed by atoms with van der Waals surface area (Å²) in [5.41, 5.74) is 3.28. The summed E-state index contributed by atoms with van der Waals surface area (Å²) >= 11 is 6.03. The number of hydrazine groups is 1. The van der Waals surface area contributed by atoms with Gasteiger partial charge in [0.15, 0.2) is 0 Å². The highest BCUT2D eigenvalue weighted by Gasteiger charge is 2.30. The molecule has 0 radical (unpaired) electrons. The summed E-state index contributed by atoms with van der Waals surface area (Å²) in [7, 11) is 0. The monoisotopic (exact) mass is 272 g/mol. The lowest BCUT2D eigenvalue weighted by Crippen LogP contribution is -2.43. The van der Waals surface area contributed by atoms with E-state index >= 15 is 0 Å². The molecule has 3 N–H and O–H groups in total. The molecule has 1 aliphatic rings. The topological polar surface area (TPSA) is 47.3 Å². The van der Waals surface area contributed by atoms with Crippen LogP contribution in [0.15, 0.2) is 18.2 Å². The van der Waals surface area contributed by atoms with Gasteiger partial charge in [-0.3, -0.25) is 11.3 Å². The van der Waals surface area contributed by atoms with Crippen molar-refractivity contribution in [1.29, 1.82) is 0 Å². The van der Waals surface area contributed by atoms with Crippen LogP contribution in [0.1, 0.15) is 18.9 Å². The fourth-order valence-corrected chi connectivity index (χ4v) is 2.68. The van der Waals surface area contributed by atoms with Crippen molar-refractivity contribution in [2.45, 2.75) is 31.9 Å². The van der Waals surface area contributed by atoms with Crippen molar-refractivity contribution < 1.29 is 9.13 Å². The van der Waals surface area contributed by atoms with E-state index in [4.69, 9.17) is 22.2 Å². The molecule has 1 aromatic carbocycles. The van der Waals surface area contributed by atoms with Crippen LogP contribution < -0.4 is 11.3 Å². The molecule has 1 aliphatic heterocycles. The largest absolute Gasteiger partial charge is 0.378 e. The maximum Gasteiger partial charge on any atom is 0.127 e. The first-order chi connectivity index (χ1) is 8.61. The van der Waals surface area contributed by atoms with Crippen LogP contribution in [0.2, 0.25) is 5.02 Å². The van der Waals surface area contributed by atoms with Gasteiger partial charge in [0.1, 0.15) is 5.82 Å². The highest BCUT2D eigenvalue weighted by atomic mass is 35.5. The Morgan fingerprint density at radius 1 is 1.61 bits per heavy atom. The number of hydrogen-bond donors (Lipinski definition) is 2. The van der Waals surface area contributed by atoms with Crippen molar-refractivity contribution in [3.05, 3.63) is 34.6 Å². The summed E-state index contributed by atoms with van der Waals surface area (Å²) in [4.78, 5) is 0. The van der Waals surface area contributed by atoms with E-state index in [0.29, 0.717) is 29.5 Å². The van der Waals surface area contributed by atoms with Crippen LogP contribution in [0.5, 0.6) is 0 Å². The molecule has 0 saturated carbocycles. The van der Waals surface area contributed by atoms with Gasteiger partial charge in [0.05, 0.1) is 12.7 Å². The maximum atomic E-state index is 13.7. The molecule has 2 rings (SSSR count). The molecular formula is C13H18ClFN2O. The molecule has 0 bridgehead atoms. The van der Waals surface area contributed by atoms with Gasteiger partial charge in [-0.05, 0) is 31.9 Å². The summed E-state index contributed by atoms with van der Waals surface area (Å²) < 4.78 is 19.3. The van der Waals surface area contributed by atoms with Gasteiger partial charge >= 0.3 is 0 Å². The molecule has 1 heterocycles. The first-order valence-corrected chi connectivity index (χ1v) is 6.50. The van der Waals surface area contributed by atoms with Crippen LogP contribution in [0.4, 0.5) is 4.39 Å². The van der Waals surface area contributed by atoms with Gasteiger partial charge in [0.25, 0.3) is 0 Å².